The molecule has 19 aromatic carbocycles. The lowest BCUT2D eigenvalue weighted by molar-refractivity contribution is 1.01. The van der Waals surface area contributed by atoms with E-state index < -0.39 is 0 Å². The Balaban J connectivity index is 0.000000138. The summed E-state index contributed by atoms with van der Waals surface area (Å²) < 4.78 is 7.02. The Labute approximate surface area is 654 Å². The first-order valence-corrected chi connectivity index (χ1v) is 38.9. The topological polar surface area (TPSA) is 30.9 Å². The van der Waals surface area contributed by atoms with Crippen LogP contribution in [0.3, 0.4) is 0 Å². The molecule has 0 atom stereocenters. The average Bonchev–Trinajstić information content (AvgIpc) is 1.72. The molecule has 0 fully saturated rings. The molecule has 22 aromatic rings. The van der Waals surface area contributed by atoms with Gasteiger partial charge in [0, 0.05) is 67.2 Å². The van der Waals surface area contributed by atoms with Crippen molar-refractivity contribution in [1.82, 2.24) is 18.7 Å². The van der Waals surface area contributed by atoms with E-state index >= 15 is 0 Å². The molecule has 0 saturated carbocycles. The SMILES string of the molecule is c1ccc(-n2c(-c3ccc(-c4ccc5c(-c6ccc7ccccc7c6)c6ccccc6c(-c6ccc7ccccc7c6)c5c4)cc3)nc3ccccc32)cc1.c1ccc2c(c1)-c1ccccc1C2c1ccc(N(c2ccc(-n3c4ccccc4c4ccccc43)cc2)c2ccc(-n3c4ccccc4c4ccccc43)cc2)cc1. The molecule has 5 heteroatoms. The van der Waals surface area contributed by atoms with Crippen molar-refractivity contribution in [2.75, 3.05) is 4.90 Å². The van der Waals surface area contributed by atoms with Crippen LogP contribution in [0.1, 0.15) is 22.6 Å². The van der Waals surface area contributed by atoms with Gasteiger partial charge in [-0.2, -0.15) is 0 Å². The lowest BCUT2D eigenvalue weighted by Gasteiger charge is -2.27. The second-order valence-corrected chi connectivity index (χ2v) is 29.7. The molecule has 0 unspecified atom stereocenters. The van der Waals surface area contributed by atoms with Crippen LogP contribution >= 0.6 is 0 Å². The summed E-state index contributed by atoms with van der Waals surface area (Å²) in [7, 11) is 0. The van der Waals surface area contributed by atoms with E-state index in [2.05, 4.69) is 443 Å². The number of hydrogen-bond donors (Lipinski definition) is 0. The molecule has 528 valence electrons. The summed E-state index contributed by atoms with van der Waals surface area (Å²) in [6.45, 7) is 0. The van der Waals surface area contributed by atoms with Crippen LogP contribution in [0, 0.1) is 0 Å². The van der Waals surface area contributed by atoms with Gasteiger partial charge in [0.1, 0.15) is 5.82 Å². The molecule has 3 aromatic heterocycles. The molecular formula is C108H71N5. The fraction of sp³-hybridized carbons (Fsp3) is 0.00926. The molecule has 0 N–H and O–H groups in total. The second-order valence-electron chi connectivity index (χ2n) is 29.7. The van der Waals surface area contributed by atoms with Crippen molar-refractivity contribution >= 4 is 115 Å². The van der Waals surface area contributed by atoms with Gasteiger partial charge in [0.05, 0.1) is 33.1 Å². The van der Waals surface area contributed by atoms with E-state index in [1.807, 2.05) is 0 Å². The minimum Gasteiger partial charge on any atom is -0.311 e. The van der Waals surface area contributed by atoms with Crippen LogP contribution in [0.4, 0.5) is 17.1 Å². The summed E-state index contributed by atoms with van der Waals surface area (Å²) in [5.74, 6) is 1.13. The first-order chi connectivity index (χ1) is 56.1. The number of para-hydroxylation sites is 7. The number of fused-ring (bicyclic) bond motifs is 14. The summed E-state index contributed by atoms with van der Waals surface area (Å²) in [4.78, 5) is 7.50. The Morgan fingerprint density at radius 2 is 0.584 bits per heavy atom. The van der Waals surface area contributed by atoms with Gasteiger partial charge in [0.15, 0.2) is 0 Å². The molecule has 0 saturated heterocycles. The Bertz CT molecular complexity index is 7160. The maximum atomic E-state index is 5.12. The van der Waals surface area contributed by atoms with E-state index in [-0.39, 0.29) is 5.92 Å². The quantitative estimate of drug-likeness (QED) is 0.121. The zero-order valence-electron chi connectivity index (χ0n) is 61.7. The Morgan fingerprint density at radius 1 is 0.221 bits per heavy atom. The third-order valence-corrected chi connectivity index (χ3v) is 23.4. The van der Waals surface area contributed by atoms with Crippen molar-refractivity contribution in [3.8, 4) is 73.0 Å². The third kappa shape index (κ3) is 11.0. The minimum absolute atomic E-state index is 0.200. The predicted octanol–water partition coefficient (Wildman–Crippen LogP) is 28.8. The molecule has 1 aliphatic rings. The molecule has 0 aliphatic heterocycles. The van der Waals surface area contributed by atoms with Gasteiger partial charge in [0.2, 0.25) is 0 Å². The molecule has 0 amide bonds. The van der Waals surface area contributed by atoms with Gasteiger partial charge in [-0.05, 0) is 232 Å². The molecular weight excluding hydrogens is 1370 g/mol. The lowest BCUT2D eigenvalue weighted by Crippen LogP contribution is -2.11. The standard InChI is InChI=1S/C55H37N3.C53H34N2/c1-3-19-49-43(13-1)44-14-2-4-20-50(44)55(49)37-25-27-38(28-26-37)56(39-29-33-41(34-30-39)57-51-21-9-5-15-45(51)46-16-6-10-22-52(46)57)40-31-35-42(36-32-40)58-53-23-11-7-17-47(53)48-18-8-12-24-54(48)58;1-2-16-44(17-3-1)55-50-21-11-10-20-49(50)54-53(55)38-26-22-37(23-27-38)41-30-31-47-48(34-41)52(43-29-25-36-13-5-7-15-40(36)33-43)46-19-9-8-18-45(46)51(47)42-28-24-35-12-4-6-14-39(35)32-42/h1-36,55H;1-34H. The maximum Gasteiger partial charge on any atom is 0.145 e. The molecule has 113 heavy (non-hydrogen) atoms. The van der Waals surface area contributed by atoms with Gasteiger partial charge < -0.3 is 14.0 Å². The number of aromatic nitrogens is 4. The van der Waals surface area contributed by atoms with Gasteiger partial charge in [0.25, 0.3) is 0 Å². The Morgan fingerprint density at radius 3 is 1.09 bits per heavy atom. The monoisotopic (exact) mass is 1440 g/mol. The average molecular weight is 1440 g/mol. The van der Waals surface area contributed by atoms with Gasteiger partial charge in [-0.15, -0.1) is 0 Å². The van der Waals surface area contributed by atoms with Crippen molar-refractivity contribution in [3.63, 3.8) is 0 Å². The number of nitrogens with zero attached hydrogens (tertiary/aromatic N) is 5. The van der Waals surface area contributed by atoms with Crippen LogP contribution in [0.5, 0.6) is 0 Å². The van der Waals surface area contributed by atoms with Crippen LogP contribution < -0.4 is 4.90 Å². The summed E-state index contributed by atoms with van der Waals surface area (Å²) in [6.07, 6.45) is 0. The van der Waals surface area contributed by atoms with Gasteiger partial charge in [-0.25, -0.2) is 4.98 Å². The Hall–Kier alpha value is -14.9. The van der Waals surface area contributed by atoms with Gasteiger partial charge in [-0.1, -0.05) is 297 Å². The highest BCUT2D eigenvalue weighted by Gasteiger charge is 2.30. The smallest absolute Gasteiger partial charge is 0.145 e. The first kappa shape index (κ1) is 65.2. The van der Waals surface area contributed by atoms with Crippen LogP contribution in [-0.4, -0.2) is 18.7 Å². The lowest BCUT2D eigenvalue weighted by atomic mass is 9.84. The van der Waals surface area contributed by atoms with E-state index in [1.165, 1.54) is 142 Å². The van der Waals surface area contributed by atoms with Crippen LogP contribution in [0.2, 0.25) is 0 Å². The molecule has 0 bridgehead atoms. The van der Waals surface area contributed by atoms with Gasteiger partial charge >= 0.3 is 0 Å². The molecule has 1 aliphatic carbocycles. The van der Waals surface area contributed by atoms with Crippen LogP contribution in [-0.2, 0) is 0 Å². The summed E-state index contributed by atoms with van der Waals surface area (Å²) in [5, 5.41) is 15.0. The van der Waals surface area contributed by atoms with Crippen molar-refractivity contribution in [2.45, 2.75) is 5.92 Å². The predicted molar refractivity (Wildman–Crippen MR) is 475 cm³/mol. The molecule has 3 heterocycles. The van der Waals surface area contributed by atoms with E-state index in [4.69, 9.17) is 4.98 Å². The van der Waals surface area contributed by atoms with Crippen molar-refractivity contribution < 1.29 is 0 Å². The van der Waals surface area contributed by atoms with Crippen LogP contribution in [0.25, 0.3) is 171 Å². The zero-order valence-corrected chi connectivity index (χ0v) is 61.7. The van der Waals surface area contributed by atoms with E-state index in [1.54, 1.807) is 0 Å². The number of imidazole rings is 1. The van der Waals surface area contributed by atoms with Crippen molar-refractivity contribution in [1.29, 1.82) is 0 Å². The normalized spacial score (nSPS) is 12.0. The highest BCUT2D eigenvalue weighted by Crippen LogP contribution is 2.50. The maximum absolute atomic E-state index is 5.12. The summed E-state index contributed by atoms with van der Waals surface area (Å²) >= 11 is 0. The molecule has 0 spiro atoms. The second kappa shape index (κ2) is 27.0. The molecule has 5 nitrogen and oxygen atoms in total. The summed E-state index contributed by atoms with van der Waals surface area (Å²) in [5.41, 5.74) is 28.7. The zero-order chi connectivity index (χ0) is 74.5. The highest BCUT2D eigenvalue weighted by molar-refractivity contribution is 6.23. The van der Waals surface area contributed by atoms with E-state index in [0.717, 1.165) is 62.1 Å². The first-order valence-electron chi connectivity index (χ1n) is 38.9. The fourth-order valence-corrected chi connectivity index (χ4v) is 18.2. The highest BCUT2D eigenvalue weighted by atomic mass is 15.1. The fourth-order valence-electron chi connectivity index (χ4n) is 18.2. The third-order valence-electron chi connectivity index (χ3n) is 23.4. The van der Waals surface area contributed by atoms with Crippen molar-refractivity contribution in [3.05, 3.63) is 441 Å². The number of benzene rings is 19. The molecule has 0 radical (unpaired) electrons. The minimum atomic E-state index is 0.200. The summed E-state index contributed by atoms with van der Waals surface area (Å²) in [6, 6.07) is 155. The molecule has 23 rings (SSSR count). The van der Waals surface area contributed by atoms with Gasteiger partial charge in [-0.3, -0.25) is 4.57 Å². The number of hydrogen-bond acceptors (Lipinski definition) is 2. The van der Waals surface area contributed by atoms with Crippen molar-refractivity contribution in [2.24, 2.45) is 0 Å². The van der Waals surface area contributed by atoms with Crippen LogP contribution in [0.15, 0.2) is 425 Å². The largest absolute Gasteiger partial charge is 0.311 e. The van der Waals surface area contributed by atoms with E-state index in [0.29, 0.717) is 0 Å². The Kier molecular flexibility index (Phi) is 15.6. The number of anilines is 3. The number of rotatable bonds is 11. The van der Waals surface area contributed by atoms with E-state index in [9.17, 15) is 0 Å².